The average molecular weight is 196 g/mol. The molecule has 0 saturated carbocycles. The van der Waals surface area contributed by atoms with Gasteiger partial charge in [0.15, 0.2) is 0 Å². The topological polar surface area (TPSA) is 41.5 Å². The van der Waals surface area contributed by atoms with Crippen molar-refractivity contribution in [1.82, 2.24) is 5.43 Å². The van der Waals surface area contributed by atoms with Crippen LogP contribution in [0, 0.1) is 11.6 Å². The summed E-state index contributed by atoms with van der Waals surface area (Å²) in [5, 5.41) is 3.55. The Morgan fingerprint density at radius 2 is 1.93 bits per heavy atom. The molecule has 0 unspecified atom stereocenters. The number of hydrazone groups is 1. The van der Waals surface area contributed by atoms with Gasteiger partial charge in [0.1, 0.15) is 11.6 Å². The largest absolute Gasteiger partial charge is 0.273 e. The smallest absolute Gasteiger partial charge is 0.246 e. The van der Waals surface area contributed by atoms with Crippen LogP contribution in [0.4, 0.5) is 8.78 Å². The zero-order valence-corrected chi connectivity index (χ0v) is 7.05. The molecule has 1 amide bonds. The first-order valence-electron chi connectivity index (χ1n) is 3.98. The van der Waals surface area contributed by atoms with Crippen LogP contribution in [-0.2, 0) is 4.79 Å². The summed E-state index contributed by atoms with van der Waals surface area (Å²) < 4.78 is 26.3. The number of carbonyl (C=O) groups is 1. The predicted molar refractivity (Wildman–Crippen MR) is 45.7 cm³/mol. The third-order valence-corrected chi connectivity index (χ3v) is 1.89. The lowest BCUT2D eigenvalue weighted by atomic mass is 10.1. The van der Waals surface area contributed by atoms with Crippen molar-refractivity contribution < 1.29 is 13.6 Å². The maximum absolute atomic E-state index is 13.2. The standard InChI is InChI=1S/C9H6F2N2O/c10-5-2-1-3-6(11)9(5)7-4-8(14)13-12-7/h1-3H,4H2,(H,13,14). The summed E-state index contributed by atoms with van der Waals surface area (Å²) >= 11 is 0. The summed E-state index contributed by atoms with van der Waals surface area (Å²) in [6.07, 6.45) is -0.0855. The summed E-state index contributed by atoms with van der Waals surface area (Å²) in [6, 6.07) is 3.52. The molecule has 0 aliphatic carbocycles. The lowest BCUT2D eigenvalue weighted by Gasteiger charge is -2.01. The molecule has 0 atom stereocenters. The van der Waals surface area contributed by atoms with Crippen molar-refractivity contribution in [3.8, 4) is 0 Å². The predicted octanol–water partition coefficient (Wildman–Crippen LogP) is 1.19. The van der Waals surface area contributed by atoms with Gasteiger partial charge >= 0.3 is 0 Å². The van der Waals surface area contributed by atoms with Crippen molar-refractivity contribution >= 4 is 11.6 Å². The summed E-state index contributed by atoms with van der Waals surface area (Å²) in [6.45, 7) is 0. The molecule has 1 aromatic rings. The third kappa shape index (κ3) is 1.37. The highest BCUT2D eigenvalue weighted by atomic mass is 19.1. The Hall–Kier alpha value is -1.78. The van der Waals surface area contributed by atoms with Crippen LogP contribution < -0.4 is 5.43 Å². The first-order chi connectivity index (χ1) is 6.68. The van der Waals surface area contributed by atoms with Gasteiger partial charge in [0, 0.05) is 0 Å². The average Bonchev–Trinajstić information content (AvgIpc) is 2.51. The number of halogens is 2. The van der Waals surface area contributed by atoms with E-state index >= 15 is 0 Å². The Balaban J connectivity index is 2.46. The highest BCUT2D eigenvalue weighted by Crippen LogP contribution is 2.16. The fourth-order valence-electron chi connectivity index (χ4n) is 1.28. The van der Waals surface area contributed by atoms with Crippen LogP contribution in [0.15, 0.2) is 23.3 Å². The van der Waals surface area contributed by atoms with Gasteiger partial charge in [-0.3, -0.25) is 4.79 Å². The van der Waals surface area contributed by atoms with Gasteiger partial charge in [0.2, 0.25) is 5.91 Å². The zero-order valence-electron chi connectivity index (χ0n) is 7.05. The van der Waals surface area contributed by atoms with Crippen molar-refractivity contribution in [3.05, 3.63) is 35.4 Å². The monoisotopic (exact) mass is 196 g/mol. The molecule has 1 aromatic carbocycles. The molecular weight excluding hydrogens is 190 g/mol. The van der Waals surface area contributed by atoms with Gasteiger partial charge in [-0.05, 0) is 12.1 Å². The molecule has 1 N–H and O–H groups in total. The number of amides is 1. The van der Waals surface area contributed by atoms with Crippen LogP contribution in [0.2, 0.25) is 0 Å². The molecule has 0 spiro atoms. The lowest BCUT2D eigenvalue weighted by Crippen LogP contribution is -2.10. The van der Waals surface area contributed by atoms with Crippen molar-refractivity contribution in [2.45, 2.75) is 6.42 Å². The van der Waals surface area contributed by atoms with Crippen molar-refractivity contribution in [3.63, 3.8) is 0 Å². The minimum atomic E-state index is -0.708. The minimum Gasteiger partial charge on any atom is -0.273 e. The van der Waals surface area contributed by atoms with Gasteiger partial charge in [0.05, 0.1) is 17.7 Å². The van der Waals surface area contributed by atoms with Crippen molar-refractivity contribution in [1.29, 1.82) is 0 Å². The van der Waals surface area contributed by atoms with E-state index in [0.717, 1.165) is 12.1 Å². The van der Waals surface area contributed by atoms with Crippen LogP contribution in [0.25, 0.3) is 0 Å². The van der Waals surface area contributed by atoms with E-state index in [0.29, 0.717) is 0 Å². The van der Waals surface area contributed by atoms with Crippen LogP contribution in [0.1, 0.15) is 12.0 Å². The highest BCUT2D eigenvalue weighted by Gasteiger charge is 2.22. The molecule has 0 bridgehead atoms. The zero-order chi connectivity index (χ0) is 10.1. The van der Waals surface area contributed by atoms with Crippen molar-refractivity contribution in [2.75, 3.05) is 0 Å². The van der Waals surface area contributed by atoms with E-state index in [1.54, 1.807) is 0 Å². The van der Waals surface area contributed by atoms with Crippen LogP contribution in [-0.4, -0.2) is 11.6 Å². The molecule has 1 aliphatic rings. The van der Waals surface area contributed by atoms with E-state index < -0.39 is 11.6 Å². The van der Waals surface area contributed by atoms with E-state index in [9.17, 15) is 13.6 Å². The number of hydrogen-bond acceptors (Lipinski definition) is 2. The summed E-state index contributed by atoms with van der Waals surface area (Å²) in [5.74, 6) is -1.77. The molecule has 5 heteroatoms. The Morgan fingerprint density at radius 3 is 2.43 bits per heavy atom. The van der Waals surface area contributed by atoms with Gasteiger partial charge in [-0.2, -0.15) is 5.10 Å². The normalized spacial score (nSPS) is 15.3. The second kappa shape index (κ2) is 3.17. The first-order valence-corrected chi connectivity index (χ1v) is 3.98. The molecule has 0 fully saturated rings. The molecular formula is C9H6F2N2O. The second-order valence-corrected chi connectivity index (χ2v) is 2.87. The fraction of sp³-hybridized carbons (Fsp3) is 0.111. The number of nitrogens with one attached hydrogen (secondary N) is 1. The summed E-state index contributed by atoms with van der Waals surface area (Å²) in [7, 11) is 0. The Kier molecular flexibility index (Phi) is 1.99. The summed E-state index contributed by atoms with van der Waals surface area (Å²) in [4.78, 5) is 10.8. The van der Waals surface area contributed by atoms with Crippen LogP contribution >= 0.6 is 0 Å². The van der Waals surface area contributed by atoms with Gasteiger partial charge in [0.25, 0.3) is 0 Å². The van der Waals surface area contributed by atoms with Gasteiger partial charge in [-0.15, -0.1) is 0 Å². The molecule has 3 nitrogen and oxygen atoms in total. The van der Waals surface area contributed by atoms with E-state index in [-0.39, 0.29) is 23.6 Å². The maximum Gasteiger partial charge on any atom is 0.246 e. The molecule has 0 saturated heterocycles. The summed E-state index contributed by atoms with van der Waals surface area (Å²) in [5.41, 5.74) is 2.01. The maximum atomic E-state index is 13.2. The Morgan fingerprint density at radius 1 is 1.29 bits per heavy atom. The lowest BCUT2D eigenvalue weighted by molar-refractivity contribution is -0.119. The Labute approximate surface area is 78.4 Å². The molecule has 14 heavy (non-hydrogen) atoms. The van der Waals surface area contributed by atoms with E-state index in [1.807, 2.05) is 0 Å². The van der Waals surface area contributed by atoms with Crippen molar-refractivity contribution in [2.24, 2.45) is 5.10 Å². The third-order valence-electron chi connectivity index (χ3n) is 1.89. The highest BCUT2D eigenvalue weighted by molar-refractivity contribution is 6.13. The second-order valence-electron chi connectivity index (χ2n) is 2.87. The number of carbonyl (C=O) groups excluding carboxylic acids is 1. The van der Waals surface area contributed by atoms with Gasteiger partial charge < -0.3 is 0 Å². The number of benzene rings is 1. The molecule has 0 radical (unpaired) electrons. The number of rotatable bonds is 1. The van der Waals surface area contributed by atoms with E-state index in [1.165, 1.54) is 6.07 Å². The van der Waals surface area contributed by atoms with Crippen LogP contribution in [0.5, 0.6) is 0 Å². The number of hydrogen-bond donors (Lipinski definition) is 1. The molecule has 1 aliphatic heterocycles. The number of nitrogens with zero attached hydrogens (tertiary/aromatic N) is 1. The van der Waals surface area contributed by atoms with E-state index in [4.69, 9.17) is 0 Å². The fourth-order valence-corrected chi connectivity index (χ4v) is 1.28. The van der Waals surface area contributed by atoms with Gasteiger partial charge in [-0.25, -0.2) is 14.2 Å². The Bertz CT molecular complexity index is 409. The van der Waals surface area contributed by atoms with Crippen LogP contribution in [0.3, 0.4) is 0 Å². The van der Waals surface area contributed by atoms with Gasteiger partial charge in [-0.1, -0.05) is 6.07 Å². The molecule has 2 rings (SSSR count). The molecule has 72 valence electrons. The molecule has 1 heterocycles. The molecule has 0 aromatic heterocycles. The quantitative estimate of drug-likeness (QED) is 0.720. The SMILES string of the molecule is O=C1CC(c2c(F)cccc2F)=NN1. The van der Waals surface area contributed by atoms with E-state index in [2.05, 4.69) is 10.5 Å². The first kappa shape index (κ1) is 8.80. The minimum absolute atomic E-state index is 0.0855.